The van der Waals surface area contributed by atoms with Gasteiger partial charge in [-0.05, 0) is 30.7 Å². The first-order valence-corrected chi connectivity index (χ1v) is 11.7. The van der Waals surface area contributed by atoms with Gasteiger partial charge in [0.05, 0.1) is 24.0 Å². The number of aliphatic carboxylic acids is 1. The number of anilines is 2. The van der Waals surface area contributed by atoms with Crippen molar-refractivity contribution in [1.29, 1.82) is 0 Å². The maximum atomic E-state index is 12.7. The number of nitrogens with two attached hydrogens (primary N) is 1. The number of hydrogen-bond donors (Lipinski definition) is 5. The van der Waals surface area contributed by atoms with E-state index in [1.54, 1.807) is 12.1 Å². The Morgan fingerprint density at radius 3 is 2.49 bits per heavy atom. The summed E-state index contributed by atoms with van der Waals surface area (Å²) in [5, 5.41) is 14.8. The largest absolute Gasteiger partial charge is 0.481 e. The number of amides is 3. The molecule has 4 rings (SSSR count). The van der Waals surface area contributed by atoms with Crippen molar-refractivity contribution < 1.29 is 33.9 Å². The second-order valence-corrected chi connectivity index (χ2v) is 8.53. The molecule has 202 valence electrons. The summed E-state index contributed by atoms with van der Waals surface area (Å²) in [6, 6.07) is 6.18. The van der Waals surface area contributed by atoms with Gasteiger partial charge in [0.25, 0.3) is 23.3 Å². The Kier molecular flexibility index (Phi) is 7.79. The highest BCUT2D eigenvalue weighted by molar-refractivity contribution is 6.02. The van der Waals surface area contributed by atoms with Crippen molar-refractivity contribution in [3.05, 3.63) is 58.1 Å². The first kappa shape index (κ1) is 26.7. The quantitative estimate of drug-likeness (QED) is 0.217. The molecule has 0 saturated carbocycles. The van der Waals surface area contributed by atoms with Crippen LogP contribution in [0.2, 0.25) is 0 Å². The lowest BCUT2D eigenvalue weighted by Gasteiger charge is -2.19. The predicted molar refractivity (Wildman–Crippen MR) is 134 cm³/mol. The number of imide groups is 1. The lowest BCUT2D eigenvalue weighted by molar-refractivity contribution is -0.199. The molecule has 1 aliphatic heterocycles. The minimum atomic E-state index is -1.42. The van der Waals surface area contributed by atoms with E-state index < -0.39 is 47.7 Å². The summed E-state index contributed by atoms with van der Waals surface area (Å²) < 4.78 is 0. The number of benzene rings is 1. The Bertz CT molecular complexity index is 1500. The lowest BCUT2D eigenvalue weighted by Crippen LogP contribution is -2.45. The SMILES string of the molecule is Nc1cc2ncc(CNc3ccc(C(=O)NC(CCC(=O)O)C(=O)ON4C(=O)CCC4=O)cc3)nc2c(=O)[nH]1. The molecule has 15 heteroatoms. The number of nitrogens with one attached hydrogen (secondary N) is 3. The van der Waals surface area contributed by atoms with E-state index in [1.165, 1.54) is 24.4 Å². The normalized spacial score (nSPS) is 13.8. The number of aromatic nitrogens is 3. The first-order chi connectivity index (χ1) is 18.6. The molecule has 1 fully saturated rings. The fourth-order valence-corrected chi connectivity index (χ4v) is 3.67. The molecule has 1 saturated heterocycles. The first-order valence-electron chi connectivity index (χ1n) is 11.7. The Balaban J connectivity index is 1.38. The van der Waals surface area contributed by atoms with E-state index in [2.05, 4.69) is 25.6 Å². The number of carboxylic acids is 1. The third-order valence-corrected chi connectivity index (χ3v) is 5.66. The van der Waals surface area contributed by atoms with Crippen LogP contribution in [0, 0.1) is 0 Å². The summed E-state index contributed by atoms with van der Waals surface area (Å²) in [7, 11) is 0. The molecule has 39 heavy (non-hydrogen) atoms. The van der Waals surface area contributed by atoms with E-state index in [4.69, 9.17) is 15.7 Å². The fourth-order valence-electron chi connectivity index (χ4n) is 3.67. The van der Waals surface area contributed by atoms with Crippen molar-refractivity contribution in [2.45, 2.75) is 38.3 Å². The molecule has 0 aliphatic carbocycles. The van der Waals surface area contributed by atoms with Gasteiger partial charge in [-0.1, -0.05) is 0 Å². The summed E-state index contributed by atoms with van der Waals surface area (Å²) in [4.78, 5) is 87.6. The summed E-state index contributed by atoms with van der Waals surface area (Å²) in [6.07, 6.45) is 0.481. The van der Waals surface area contributed by atoms with Crippen LogP contribution in [-0.4, -0.2) is 60.8 Å². The Morgan fingerprint density at radius 1 is 1.13 bits per heavy atom. The van der Waals surface area contributed by atoms with Gasteiger partial charge in [0.1, 0.15) is 11.9 Å². The third kappa shape index (κ3) is 6.51. The number of hydrogen-bond acceptors (Lipinski definition) is 11. The molecule has 0 spiro atoms. The van der Waals surface area contributed by atoms with Crippen LogP contribution in [-0.2, 0) is 30.6 Å². The van der Waals surface area contributed by atoms with Gasteiger partial charge in [-0.3, -0.25) is 29.0 Å². The number of fused-ring (bicyclic) bond motifs is 1. The van der Waals surface area contributed by atoms with Crippen LogP contribution in [0.3, 0.4) is 0 Å². The Hall–Kier alpha value is -5.34. The van der Waals surface area contributed by atoms with Crippen LogP contribution in [0.25, 0.3) is 11.0 Å². The van der Waals surface area contributed by atoms with E-state index in [0.29, 0.717) is 22.0 Å². The molecular weight excluding hydrogens is 514 g/mol. The summed E-state index contributed by atoms with van der Waals surface area (Å²) >= 11 is 0. The van der Waals surface area contributed by atoms with Crippen molar-refractivity contribution in [1.82, 2.24) is 25.3 Å². The van der Waals surface area contributed by atoms with Gasteiger partial charge in [-0.25, -0.2) is 9.78 Å². The van der Waals surface area contributed by atoms with Crippen LogP contribution in [0.15, 0.2) is 41.3 Å². The molecule has 6 N–H and O–H groups in total. The molecule has 1 unspecified atom stereocenters. The van der Waals surface area contributed by atoms with Crippen molar-refractivity contribution in [2.24, 2.45) is 0 Å². The standard InChI is InChI=1S/C24H23N7O8/c25-17-9-16-21(23(37)30-17)28-14(11-27-16)10-26-13-3-1-12(2-4-13)22(36)29-15(5-8-20(34)35)24(38)39-31-18(32)6-7-19(31)33/h1-4,9,11,15,26H,5-8,10H2,(H,29,36)(H,34,35)(H3,25,30,37). The number of aromatic amines is 1. The van der Waals surface area contributed by atoms with Gasteiger partial charge >= 0.3 is 11.9 Å². The number of carbonyl (C=O) groups is 5. The van der Waals surface area contributed by atoms with E-state index in [-0.39, 0.29) is 42.7 Å². The predicted octanol–water partition coefficient (Wildman–Crippen LogP) is 0.0828. The average Bonchev–Trinajstić information content (AvgIpc) is 3.22. The van der Waals surface area contributed by atoms with Crippen LogP contribution >= 0.6 is 0 Å². The molecule has 1 atom stereocenters. The lowest BCUT2D eigenvalue weighted by atomic mass is 10.1. The molecule has 3 aromatic rings. The molecule has 0 radical (unpaired) electrons. The number of nitrogen functional groups attached to an aromatic ring is 1. The zero-order chi connectivity index (χ0) is 28.1. The van der Waals surface area contributed by atoms with Crippen molar-refractivity contribution in [3.63, 3.8) is 0 Å². The minimum absolute atomic E-state index is 0.112. The molecule has 1 aromatic carbocycles. The van der Waals surface area contributed by atoms with Crippen LogP contribution < -0.4 is 21.9 Å². The smallest absolute Gasteiger partial charge is 0.355 e. The molecule has 15 nitrogen and oxygen atoms in total. The number of rotatable bonds is 10. The van der Waals surface area contributed by atoms with Gasteiger partial charge < -0.3 is 31.3 Å². The van der Waals surface area contributed by atoms with Crippen LogP contribution in [0.1, 0.15) is 41.7 Å². The fraction of sp³-hybridized carbons (Fsp3) is 0.250. The molecule has 0 bridgehead atoms. The van der Waals surface area contributed by atoms with Crippen LogP contribution in [0.5, 0.6) is 0 Å². The Labute approximate surface area is 219 Å². The molecular formula is C24H23N7O8. The number of carboxylic acid groups (broad SMARTS) is 1. The molecule has 3 heterocycles. The maximum Gasteiger partial charge on any atom is 0.355 e. The Morgan fingerprint density at radius 2 is 1.82 bits per heavy atom. The summed E-state index contributed by atoms with van der Waals surface area (Å²) in [5.74, 6) is -4.28. The number of H-pyrrole nitrogens is 1. The second kappa shape index (κ2) is 11.4. The average molecular weight is 537 g/mol. The van der Waals surface area contributed by atoms with Gasteiger partial charge in [-0.2, -0.15) is 0 Å². The molecule has 3 amide bonds. The highest BCUT2D eigenvalue weighted by Crippen LogP contribution is 2.15. The number of carbonyl (C=O) groups excluding carboxylic acids is 4. The number of hydroxylamine groups is 2. The number of nitrogens with zero attached hydrogens (tertiary/aromatic N) is 3. The topological polar surface area (TPSA) is 227 Å². The van der Waals surface area contributed by atoms with Gasteiger partial charge in [0, 0.05) is 36.6 Å². The van der Waals surface area contributed by atoms with Crippen LogP contribution in [0.4, 0.5) is 11.5 Å². The zero-order valence-electron chi connectivity index (χ0n) is 20.3. The van der Waals surface area contributed by atoms with Gasteiger partial charge in [0.2, 0.25) is 0 Å². The van der Waals surface area contributed by atoms with E-state index >= 15 is 0 Å². The van der Waals surface area contributed by atoms with Crippen molar-refractivity contribution in [2.75, 3.05) is 11.1 Å². The highest BCUT2D eigenvalue weighted by Gasteiger charge is 2.35. The van der Waals surface area contributed by atoms with Gasteiger partial charge in [-0.15, -0.1) is 5.06 Å². The van der Waals surface area contributed by atoms with Crippen molar-refractivity contribution >= 4 is 52.2 Å². The molecule has 2 aromatic heterocycles. The van der Waals surface area contributed by atoms with E-state index in [9.17, 15) is 28.8 Å². The number of pyridine rings is 1. The van der Waals surface area contributed by atoms with E-state index in [0.717, 1.165) is 0 Å². The minimum Gasteiger partial charge on any atom is -0.481 e. The van der Waals surface area contributed by atoms with Crippen molar-refractivity contribution in [3.8, 4) is 0 Å². The monoisotopic (exact) mass is 537 g/mol. The van der Waals surface area contributed by atoms with Gasteiger partial charge in [0.15, 0.2) is 5.52 Å². The third-order valence-electron chi connectivity index (χ3n) is 5.66. The second-order valence-electron chi connectivity index (χ2n) is 8.53. The summed E-state index contributed by atoms with van der Waals surface area (Å²) in [6.45, 7) is 0.218. The maximum absolute atomic E-state index is 12.7. The summed E-state index contributed by atoms with van der Waals surface area (Å²) in [5.41, 5.74) is 6.88. The van der Waals surface area contributed by atoms with E-state index in [1.807, 2.05) is 0 Å². The molecule has 1 aliphatic rings. The highest BCUT2D eigenvalue weighted by atomic mass is 16.7. The zero-order valence-corrected chi connectivity index (χ0v) is 20.3.